The third kappa shape index (κ3) is 4.62. The predicted octanol–water partition coefficient (Wildman–Crippen LogP) is 4.96. The van der Waals surface area contributed by atoms with Crippen LogP contribution in [0.25, 0.3) is 0 Å². The molecule has 2 aromatic carbocycles. The first kappa shape index (κ1) is 25.5. The number of anilines is 1. The van der Waals surface area contributed by atoms with Crippen LogP contribution in [-0.4, -0.2) is 54.7 Å². The number of likely N-dealkylation sites (tertiary alicyclic amines) is 1. The van der Waals surface area contributed by atoms with E-state index >= 15 is 0 Å². The minimum Gasteiger partial charge on any atom is -0.462 e. The Morgan fingerprint density at radius 3 is 2.50 bits per heavy atom. The average molecular weight is 491 g/mol. The van der Waals surface area contributed by atoms with Crippen molar-refractivity contribution in [2.75, 3.05) is 24.6 Å². The summed E-state index contributed by atoms with van der Waals surface area (Å²) >= 11 is 0. The lowest BCUT2D eigenvalue weighted by Gasteiger charge is -2.41. The summed E-state index contributed by atoms with van der Waals surface area (Å²) < 4.78 is 11.5. The summed E-state index contributed by atoms with van der Waals surface area (Å²) in [7, 11) is 0. The number of carbonyl (C=O) groups excluding carboxylic acids is 3. The van der Waals surface area contributed by atoms with Gasteiger partial charge in [0, 0.05) is 36.5 Å². The van der Waals surface area contributed by atoms with Crippen molar-refractivity contribution >= 4 is 24.0 Å². The number of nitrogens with zero attached hydrogens (tertiary/aromatic N) is 2. The largest absolute Gasteiger partial charge is 0.462 e. The molecule has 2 aliphatic heterocycles. The van der Waals surface area contributed by atoms with E-state index in [-0.39, 0.29) is 18.9 Å². The molecule has 4 rings (SSSR count). The molecule has 0 aliphatic carbocycles. The number of rotatable bonds is 8. The molecule has 1 amide bonds. The Morgan fingerprint density at radius 2 is 1.83 bits per heavy atom. The number of amides is 1. The number of benzene rings is 2. The monoisotopic (exact) mass is 490 g/mol. The van der Waals surface area contributed by atoms with Gasteiger partial charge in [0.15, 0.2) is 0 Å². The summed E-state index contributed by atoms with van der Waals surface area (Å²) in [5, 5.41) is 0. The Kier molecular flexibility index (Phi) is 7.20. The zero-order chi connectivity index (χ0) is 25.9. The standard InChI is InChI=1S/C29H34N2O5/c1-5-17-30-24-14-10-9-13-23(24)29(16-18-31(26(29)30)27(34)36-28(2,3)4)22(15-19-32)20-35-25(33)21-11-7-6-8-12-21/h5-14,19,22,26H,1,15-18,20H2,2-4H3/t22-,26-,29+/m0/s1. The molecule has 36 heavy (non-hydrogen) atoms. The van der Waals surface area contributed by atoms with E-state index in [2.05, 4.69) is 17.5 Å². The van der Waals surface area contributed by atoms with Crippen molar-refractivity contribution in [2.24, 2.45) is 5.92 Å². The van der Waals surface area contributed by atoms with Gasteiger partial charge in [0.25, 0.3) is 0 Å². The minimum absolute atomic E-state index is 0.0569. The van der Waals surface area contributed by atoms with Gasteiger partial charge in [-0.2, -0.15) is 0 Å². The summed E-state index contributed by atoms with van der Waals surface area (Å²) in [6.07, 6.45) is 2.69. The minimum atomic E-state index is -0.648. The molecule has 7 heteroatoms. The highest BCUT2D eigenvalue weighted by Crippen LogP contribution is 2.56. The second-order valence-corrected chi connectivity index (χ2v) is 10.4. The Morgan fingerprint density at radius 1 is 1.14 bits per heavy atom. The van der Waals surface area contributed by atoms with Crippen LogP contribution < -0.4 is 4.90 Å². The van der Waals surface area contributed by atoms with Crippen molar-refractivity contribution in [2.45, 2.75) is 50.8 Å². The second-order valence-electron chi connectivity index (χ2n) is 10.4. The highest BCUT2D eigenvalue weighted by atomic mass is 16.6. The maximum Gasteiger partial charge on any atom is 0.411 e. The van der Waals surface area contributed by atoms with Crippen molar-refractivity contribution in [1.29, 1.82) is 0 Å². The molecule has 0 saturated carbocycles. The van der Waals surface area contributed by atoms with E-state index in [0.717, 1.165) is 17.5 Å². The summed E-state index contributed by atoms with van der Waals surface area (Å²) in [5.41, 5.74) is 1.23. The molecule has 2 heterocycles. The zero-order valence-electron chi connectivity index (χ0n) is 21.2. The van der Waals surface area contributed by atoms with Crippen molar-refractivity contribution in [3.63, 3.8) is 0 Å². The lowest BCUT2D eigenvalue weighted by atomic mass is 9.68. The number of carbonyl (C=O) groups is 3. The van der Waals surface area contributed by atoms with Crippen LogP contribution >= 0.6 is 0 Å². The lowest BCUT2D eigenvalue weighted by Crippen LogP contribution is -2.55. The first-order valence-electron chi connectivity index (χ1n) is 12.4. The molecule has 3 atom stereocenters. The fraction of sp³-hybridized carbons (Fsp3) is 0.414. The fourth-order valence-electron chi connectivity index (χ4n) is 5.67. The van der Waals surface area contributed by atoms with E-state index in [1.165, 1.54) is 0 Å². The molecular formula is C29H34N2O5. The van der Waals surface area contributed by atoms with Gasteiger partial charge in [-0.3, -0.25) is 4.90 Å². The Balaban J connectivity index is 1.74. The quantitative estimate of drug-likeness (QED) is 0.296. The normalized spacial score (nSPS) is 21.4. The highest BCUT2D eigenvalue weighted by Gasteiger charge is 2.62. The maximum absolute atomic E-state index is 13.4. The molecule has 0 spiro atoms. The highest BCUT2D eigenvalue weighted by molar-refractivity contribution is 5.89. The van der Waals surface area contributed by atoms with Crippen molar-refractivity contribution in [3.05, 3.63) is 78.4 Å². The Bertz CT molecular complexity index is 1130. The molecule has 1 saturated heterocycles. The molecule has 7 nitrogen and oxygen atoms in total. The summed E-state index contributed by atoms with van der Waals surface area (Å²) in [6, 6.07) is 16.8. The van der Waals surface area contributed by atoms with Gasteiger partial charge in [-0.1, -0.05) is 42.5 Å². The Hall–Kier alpha value is -3.61. The van der Waals surface area contributed by atoms with Gasteiger partial charge in [-0.15, -0.1) is 6.58 Å². The van der Waals surface area contributed by atoms with Crippen LogP contribution in [0.3, 0.4) is 0 Å². The number of para-hydroxylation sites is 1. The molecule has 0 radical (unpaired) electrons. The SMILES string of the molecule is C=CCN1c2ccccc2[C@]2([C@@H](CC=O)COC(=O)c3ccccc3)CCN(C(=O)OC(C)(C)C)[C@H]12. The van der Waals surface area contributed by atoms with Gasteiger partial charge in [0.2, 0.25) is 0 Å². The van der Waals surface area contributed by atoms with Gasteiger partial charge >= 0.3 is 12.1 Å². The number of ether oxygens (including phenoxy) is 2. The summed E-state index contributed by atoms with van der Waals surface area (Å²) in [6.45, 7) is 10.5. The smallest absolute Gasteiger partial charge is 0.411 e. The predicted molar refractivity (Wildman–Crippen MR) is 138 cm³/mol. The van der Waals surface area contributed by atoms with Gasteiger partial charge < -0.3 is 19.2 Å². The molecule has 0 unspecified atom stereocenters. The van der Waals surface area contributed by atoms with E-state index in [0.29, 0.717) is 25.1 Å². The number of hydrogen-bond donors (Lipinski definition) is 0. The average Bonchev–Trinajstić information content (AvgIpc) is 3.37. The van der Waals surface area contributed by atoms with Crippen molar-refractivity contribution in [3.8, 4) is 0 Å². The van der Waals surface area contributed by atoms with Crippen molar-refractivity contribution < 1.29 is 23.9 Å². The molecule has 190 valence electrons. The van der Waals surface area contributed by atoms with Crippen LogP contribution in [-0.2, 0) is 19.7 Å². The summed E-state index contributed by atoms with van der Waals surface area (Å²) in [4.78, 5) is 42.0. The lowest BCUT2D eigenvalue weighted by molar-refractivity contribution is -0.109. The second kappa shape index (κ2) is 10.2. The maximum atomic E-state index is 13.4. The number of aldehydes is 1. The third-order valence-electron chi connectivity index (χ3n) is 7.02. The van der Waals surface area contributed by atoms with E-state index in [1.807, 2.05) is 51.1 Å². The van der Waals surface area contributed by atoms with Crippen LogP contribution in [0.4, 0.5) is 10.5 Å². The Labute approximate surface area is 212 Å². The third-order valence-corrected chi connectivity index (χ3v) is 7.02. The van der Waals surface area contributed by atoms with Gasteiger partial charge in [-0.25, -0.2) is 9.59 Å². The fourth-order valence-corrected chi connectivity index (χ4v) is 5.67. The molecule has 0 aromatic heterocycles. The number of esters is 1. The molecule has 2 aliphatic rings. The van der Waals surface area contributed by atoms with Crippen molar-refractivity contribution in [1.82, 2.24) is 4.90 Å². The van der Waals surface area contributed by atoms with E-state index in [4.69, 9.17) is 9.47 Å². The van der Waals surface area contributed by atoms with Crippen LogP contribution in [0.5, 0.6) is 0 Å². The van der Waals surface area contributed by atoms with Gasteiger partial charge in [0.05, 0.1) is 12.2 Å². The van der Waals surface area contributed by atoms with Crippen LogP contribution in [0.15, 0.2) is 67.3 Å². The van der Waals surface area contributed by atoms with E-state index in [1.54, 1.807) is 29.2 Å². The van der Waals surface area contributed by atoms with Gasteiger partial charge in [-0.05, 0) is 51.0 Å². The summed E-state index contributed by atoms with van der Waals surface area (Å²) in [5.74, 6) is -0.772. The van der Waals surface area contributed by atoms with Crippen LogP contribution in [0, 0.1) is 5.92 Å². The van der Waals surface area contributed by atoms with E-state index in [9.17, 15) is 14.4 Å². The zero-order valence-corrected chi connectivity index (χ0v) is 21.2. The van der Waals surface area contributed by atoms with E-state index < -0.39 is 29.2 Å². The van der Waals surface area contributed by atoms with Gasteiger partial charge in [0.1, 0.15) is 18.1 Å². The molecule has 2 aromatic rings. The number of fused-ring (bicyclic) bond motifs is 3. The first-order valence-corrected chi connectivity index (χ1v) is 12.4. The van der Waals surface area contributed by atoms with Crippen LogP contribution in [0.1, 0.15) is 49.5 Å². The van der Waals surface area contributed by atoms with Crippen LogP contribution in [0.2, 0.25) is 0 Å². The molecule has 1 fully saturated rings. The topological polar surface area (TPSA) is 76.2 Å². The number of hydrogen-bond acceptors (Lipinski definition) is 6. The molecular weight excluding hydrogens is 456 g/mol. The first-order chi connectivity index (χ1) is 17.2. The molecule has 0 N–H and O–H groups in total. The molecule has 0 bridgehead atoms.